The summed E-state index contributed by atoms with van der Waals surface area (Å²) in [6, 6.07) is 16.3. The molecule has 2 N–H and O–H groups in total. The molecule has 1 aliphatic carbocycles. The van der Waals surface area contributed by atoms with Gasteiger partial charge in [-0.15, -0.1) is 0 Å². The van der Waals surface area contributed by atoms with E-state index in [1.807, 2.05) is 24.3 Å². The van der Waals surface area contributed by atoms with Crippen molar-refractivity contribution in [3.05, 3.63) is 59.7 Å². The molecule has 7 nitrogen and oxygen atoms in total. The minimum atomic E-state index is -0.973. The summed E-state index contributed by atoms with van der Waals surface area (Å²) in [6.45, 7) is 8.06. The molecule has 2 aromatic rings. The van der Waals surface area contributed by atoms with Crippen molar-refractivity contribution in [2.45, 2.75) is 52.0 Å². The smallest absolute Gasteiger partial charge is 0.407 e. The van der Waals surface area contributed by atoms with Crippen LogP contribution in [0.25, 0.3) is 11.1 Å². The van der Waals surface area contributed by atoms with Crippen LogP contribution in [0.15, 0.2) is 48.5 Å². The summed E-state index contributed by atoms with van der Waals surface area (Å²) in [5, 5.41) is 12.3. The van der Waals surface area contributed by atoms with Gasteiger partial charge in [-0.2, -0.15) is 0 Å². The number of amides is 2. The van der Waals surface area contributed by atoms with E-state index >= 15 is 0 Å². The largest absolute Gasteiger partial charge is 0.481 e. The Morgan fingerprint density at radius 3 is 2.14 bits per heavy atom. The molecule has 1 atom stereocenters. The summed E-state index contributed by atoms with van der Waals surface area (Å²) in [6.07, 6.45) is 0.639. The van der Waals surface area contributed by atoms with Crippen molar-refractivity contribution in [2.24, 2.45) is 11.3 Å². The highest BCUT2D eigenvalue weighted by Gasteiger charge is 2.47. The molecule has 1 fully saturated rings. The van der Waals surface area contributed by atoms with Crippen LogP contribution in [0.1, 0.15) is 57.6 Å². The predicted molar refractivity (Wildman–Crippen MR) is 133 cm³/mol. The van der Waals surface area contributed by atoms with Crippen LogP contribution >= 0.6 is 0 Å². The SMILES string of the molecule is CC(C)(NC(=O)OCC1c2ccccc2-c2ccccc21)C(C)(C)C(=O)N1CCCC(C(=O)O)C1. The molecule has 0 radical (unpaired) electrons. The second-order valence-electron chi connectivity index (χ2n) is 10.6. The van der Waals surface area contributed by atoms with Gasteiger partial charge in [0.2, 0.25) is 5.91 Å². The average Bonchev–Trinajstić information content (AvgIpc) is 3.15. The fraction of sp³-hybridized carbons (Fsp3) is 0.464. The predicted octanol–water partition coefficient (Wildman–Crippen LogP) is 4.65. The number of fused-ring (bicyclic) bond motifs is 3. The molecular formula is C28H34N2O5. The second-order valence-corrected chi connectivity index (χ2v) is 10.6. The van der Waals surface area contributed by atoms with Gasteiger partial charge in [0, 0.05) is 19.0 Å². The van der Waals surface area contributed by atoms with Crippen LogP contribution < -0.4 is 5.32 Å². The number of hydrogen-bond donors (Lipinski definition) is 2. The fourth-order valence-electron chi connectivity index (χ4n) is 5.07. The number of carboxylic acid groups (broad SMARTS) is 1. The normalized spacial score (nSPS) is 17.9. The molecule has 186 valence electrons. The van der Waals surface area contributed by atoms with Gasteiger partial charge in [-0.05, 0) is 62.8 Å². The lowest BCUT2D eigenvalue weighted by molar-refractivity contribution is -0.150. The Kier molecular flexibility index (Phi) is 6.62. The van der Waals surface area contributed by atoms with E-state index in [4.69, 9.17) is 4.74 Å². The lowest BCUT2D eigenvalue weighted by Crippen LogP contribution is -2.61. The molecule has 1 aliphatic heterocycles. The summed E-state index contributed by atoms with van der Waals surface area (Å²) >= 11 is 0. The van der Waals surface area contributed by atoms with Crippen molar-refractivity contribution in [1.82, 2.24) is 10.2 Å². The van der Waals surface area contributed by atoms with Crippen molar-refractivity contribution >= 4 is 18.0 Å². The Morgan fingerprint density at radius 1 is 1.00 bits per heavy atom. The van der Waals surface area contributed by atoms with Crippen LogP contribution in [0.5, 0.6) is 0 Å². The molecule has 4 rings (SSSR count). The van der Waals surface area contributed by atoms with Crippen LogP contribution in [0.4, 0.5) is 4.79 Å². The number of rotatable bonds is 6. The molecule has 2 aromatic carbocycles. The first-order chi connectivity index (χ1) is 16.5. The van der Waals surface area contributed by atoms with E-state index in [0.717, 1.165) is 22.3 Å². The second kappa shape index (κ2) is 9.36. The van der Waals surface area contributed by atoms with E-state index in [1.165, 1.54) is 0 Å². The minimum absolute atomic E-state index is 0.0489. The number of carbonyl (C=O) groups excluding carboxylic acids is 2. The average molecular weight is 479 g/mol. The maximum absolute atomic E-state index is 13.4. The van der Waals surface area contributed by atoms with Gasteiger partial charge < -0.3 is 20.1 Å². The Labute approximate surface area is 206 Å². The lowest BCUT2D eigenvalue weighted by Gasteiger charge is -2.44. The highest BCUT2D eigenvalue weighted by molar-refractivity contribution is 5.85. The number of aliphatic carboxylic acids is 1. The highest BCUT2D eigenvalue weighted by atomic mass is 16.5. The Morgan fingerprint density at radius 2 is 1.57 bits per heavy atom. The van der Waals surface area contributed by atoms with Crippen LogP contribution in [0, 0.1) is 11.3 Å². The number of likely N-dealkylation sites (tertiary alicyclic amines) is 1. The van der Waals surface area contributed by atoms with Gasteiger partial charge >= 0.3 is 12.1 Å². The number of alkyl carbamates (subject to hydrolysis) is 1. The van der Waals surface area contributed by atoms with Gasteiger partial charge in [-0.3, -0.25) is 9.59 Å². The molecule has 2 aliphatic rings. The summed E-state index contributed by atoms with van der Waals surface area (Å²) in [5.74, 6) is -1.65. The minimum Gasteiger partial charge on any atom is -0.481 e. The molecule has 2 amide bonds. The van der Waals surface area contributed by atoms with Crippen LogP contribution in [-0.2, 0) is 14.3 Å². The molecule has 1 unspecified atom stereocenters. The van der Waals surface area contributed by atoms with E-state index in [2.05, 4.69) is 29.6 Å². The molecule has 1 heterocycles. The van der Waals surface area contributed by atoms with E-state index in [1.54, 1.807) is 32.6 Å². The van der Waals surface area contributed by atoms with Gasteiger partial charge in [-0.1, -0.05) is 48.5 Å². The summed E-state index contributed by atoms with van der Waals surface area (Å²) in [5.41, 5.74) is 2.68. The lowest BCUT2D eigenvalue weighted by atomic mass is 9.73. The monoisotopic (exact) mass is 478 g/mol. The standard InChI is InChI=1S/C28H34N2O5/c1-27(2,25(33)30-15-9-10-18(16-30)24(31)32)28(3,4)29-26(34)35-17-23-21-13-7-5-11-19(21)20-12-6-8-14-22(20)23/h5-8,11-14,18,23H,9-10,15-17H2,1-4H3,(H,29,34)(H,31,32). The van der Waals surface area contributed by atoms with E-state index < -0.39 is 28.9 Å². The number of carbonyl (C=O) groups is 3. The third-order valence-corrected chi connectivity index (χ3v) is 7.91. The third kappa shape index (κ3) is 4.64. The summed E-state index contributed by atoms with van der Waals surface area (Å²) < 4.78 is 5.69. The fourth-order valence-corrected chi connectivity index (χ4v) is 5.07. The Bertz CT molecular complexity index is 1090. The van der Waals surface area contributed by atoms with Crippen LogP contribution in [0.3, 0.4) is 0 Å². The molecule has 0 spiro atoms. The molecule has 0 aromatic heterocycles. The van der Waals surface area contributed by atoms with Gasteiger partial charge in [0.05, 0.1) is 16.9 Å². The number of nitrogens with one attached hydrogen (secondary N) is 1. The van der Waals surface area contributed by atoms with E-state index in [9.17, 15) is 19.5 Å². The van der Waals surface area contributed by atoms with Crippen molar-refractivity contribution in [3.63, 3.8) is 0 Å². The summed E-state index contributed by atoms with van der Waals surface area (Å²) in [7, 11) is 0. The highest BCUT2D eigenvalue weighted by Crippen LogP contribution is 2.44. The van der Waals surface area contributed by atoms with Crippen molar-refractivity contribution < 1.29 is 24.2 Å². The number of ether oxygens (including phenoxy) is 1. The Balaban J connectivity index is 1.42. The number of nitrogens with zero attached hydrogens (tertiary/aromatic N) is 1. The first kappa shape index (κ1) is 24.8. The molecule has 35 heavy (non-hydrogen) atoms. The van der Waals surface area contributed by atoms with Gasteiger partial charge in [0.25, 0.3) is 0 Å². The Hall–Kier alpha value is -3.35. The maximum Gasteiger partial charge on any atom is 0.407 e. The zero-order valence-electron chi connectivity index (χ0n) is 20.8. The van der Waals surface area contributed by atoms with Gasteiger partial charge in [0.1, 0.15) is 6.61 Å². The van der Waals surface area contributed by atoms with Gasteiger partial charge in [-0.25, -0.2) is 4.79 Å². The third-order valence-electron chi connectivity index (χ3n) is 7.91. The van der Waals surface area contributed by atoms with Crippen LogP contribution in [-0.4, -0.2) is 53.2 Å². The zero-order valence-corrected chi connectivity index (χ0v) is 20.8. The maximum atomic E-state index is 13.4. The number of piperidine rings is 1. The van der Waals surface area contributed by atoms with Crippen molar-refractivity contribution in [3.8, 4) is 11.1 Å². The summed E-state index contributed by atoms with van der Waals surface area (Å²) in [4.78, 5) is 39.3. The zero-order chi connectivity index (χ0) is 25.4. The number of hydrogen-bond acceptors (Lipinski definition) is 4. The molecule has 0 saturated carbocycles. The van der Waals surface area contributed by atoms with Crippen molar-refractivity contribution in [1.29, 1.82) is 0 Å². The number of benzene rings is 2. The number of carboxylic acids is 1. The van der Waals surface area contributed by atoms with E-state index in [-0.39, 0.29) is 25.0 Å². The molecular weight excluding hydrogens is 444 g/mol. The molecule has 7 heteroatoms. The van der Waals surface area contributed by atoms with Gasteiger partial charge in [0.15, 0.2) is 0 Å². The van der Waals surface area contributed by atoms with Crippen molar-refractivity contribution in [2.75, 3.05) is 19.7 Å². The molecule has 0 bridgehead atoms. The van der Waals surface area contributed by atoms with E-state index in [0.29, 0.717) is 19.4 Å². The first-order valence-corrected chi connectivity index (χ1v) is 12.2. The first-order valence-electron chi connectivity index (χ1n) is 12.2. The van der Waals surface area contributed by atoms with Crippen LogP contribution in [0.2, 0.25) is 0 Å². The topological polar surface area (TPSA) is 95.9 Å². The molecule has 1 saturated heterocycles. The quantitative estimate of drug-likeness (QED) is 0.630.